The molecule has 5 heteroatoms. The summed E-state index contributed by atoms with van der Waals surface area (Å²) in [5.74, 6) is 3.87. The SMILES string of the molecule is CNC(=O)Nc1ccc(OC)cc1C#C[Si](C)(C)C. The molecule has 0 saturated carbocycles. The Morgan fingerprint density at radius 1 is 1.32 bits per heavy atom. The number of nitrogens with one attached hydrogen (secondary N) is 2. The minimum atomic E-state index is -1.47. The summed E-state index contributed by atoms with van der Waals surface area (Å²) in [7, 11) is 1.71. The van der Waals surface area contributed by atoms with E-state index < -0.39 is 8.07 Å². The molecular weight excluding hydrogens is 256 g/mol. The molecule has 1 rings (SSSR count). The second-order valence-electron chi connectivity index (χ2n) is 5.12. The Kier molecular flexibility index (Phi) is 5.01. The van der Waals surface area contributed by atoms with Crippen LogP contribution in [0.15, 0.2) is 18.2 Å². The summed E-state index contributed by atoms with van der Waals surface area (Å²) in [6, 6.07) is 5.16. The first kappa shape index (κ1) is 15.1. The Balaban J connectivity index is 3.15. The Morgan fingerprint density at radius 3 is 2.53 bits per heavy atom. The minimum Gasteiger partial charge on any atom is -0.497 e. The fourth-order valence-electron chi connectivity index (χ4n) is 1.30. The lowest BCUT2D eigenvalue weighted by molar-refractivity contribution is 0.254. The number of ether oxygens (including phenoxy) is 1. The van der Waals surface area contributed by atoms with Crippen LogP contribution in [-0.2, 0) is 0 Å². The molecule has 0 atom stereocenters. The van der Waals surface area contributed by atoms with Gasteiger partial charge in [0.15, 0.2) is 0 Å². The molecule has 0 heterocycles. The first-order chi connectivity index (χ1) is 8.85. The van der Waals surface area contributed by atoms with E-state index in [1.807, 2.05) is 6.07 Å². The molecule has 0 saturated heterocycles. The molecule has 0 radical (unpaired) electrons. The van der Waals surface area contributed by atoms with Crippen LogP contribution < -0.4 is 15.4 Å². The zero-order valence-corrected chi connectivity index (χ0v) is 13.0. The second-order valence-corrected chi connectivity index (χ2v) is 9.87. The third-order valence-corrected chi connectivity index (χ3v) is 3.15. The Labute approximate surface area is 115 Å². The van der Waals surface area contributed by atoms with Crippen molar-refractivity contribution in [1.82, 2.24) is 5.32 Å². The van der Waals surface area contributed by atoms with Crippen molar-refractivity contribution < 1.29 is 9.53 Å². The quantitative estimate of drug-likeness (QED) is 0.644. The molecule has 0 spiro atoms. The van der Waals surface area contributed by atoms with E-state index >= 15 is 0 Å². The first-order valence-corrected chi connectivity index (χ1v) is 9.55. The number of carbonyl (C=O) groups is 1. The fourth-order valence-corrected chi connectivity index (χ4v) is 1.81. The van der Waals surface area contributed by atoms with Crippen LogP contribution in [0.4, 0.5) is 10.5 Å². The lowest BCUT2D eigenvalue weighted by Gasteiger charge is -2.09. The van der Waals surface area contributed by atoms with Crippen molar-refractivity contribution in [2.45, 2.75) is 19.6 Å². The number of urea groups is 1. The summed E-state index contributed by atoms with van der Waals surface area (Å²) in [6.45, 7) is 6.52. The van der Waals surface area contributed by atoms with Crippen LogP contribution in [0.3, 0.4) is 0 Å². The van der Waals surface area contributed by atoms with Gasteiger partial charge in [0, 0.05) is 7.05 Å². The summed E-state index contributed by atoms with van der Waals surface area (Å²) in [5.41, 5.74) is 4.74. The van der Waals surface area contributed by atoms with Gasteiger partial charge in [-0.25, -0.2) is 4.79 Å². The third-order valence-electron chi connectivity index (χ3n) is 2.27. The van der Waals surface area contributed by atoms with Gasteiger partial charge in [0.25, 0.3) is 0 Å². The van der Waals surface area contributed by atoms with Gasteiger partial charge in [-0.2, -0.15) is 0 Å². The number of anilines is 1. The summed E-state index contributed by atoms with van der Waals surface area (Å²) in [4.78, 5) is 11.4. The number of amides is 2. The van der Waals surface area contributed by atoms with E-state index in [2.05, 4.69) is 41.7 Å². The molecule has 0 bridgehead atoms. The number of hydrogen-bond donors (Lipinski definition) is 2. The van der Waals surface area contributed by atoms with Crippen molar-refractivity contribution in [3.05, 3.63) is 23.8 Å². The summed E-state index contributed by atoms with van der Waals surface area (Å²) >= 11 is 0. The van der Waals surface area contributed by atoms with Crippen molar-refractivity contribution in [2.24, 2.45) is 0 Å². The van der Waals surface area contributed by atoms with E-state index in [-0.39, 0.29) is 6.03 Å². The van der Waals surface area contributed by atoms with Gasteiger partial charge in [-0.15, -0.1) is 5.54 Å². The zero-order chi connectivity index (χ0) is 14.5. The van der Waals surface area contributed by atoms with Crippen LogP contribution in [0.1, 0.15) is 5.56 Å². The van der Waals surface area contributed by atoms with Crippen molar-refractivity contribution in [3.8, 4) is 17.2 Å². The predicted octanol–water partition coefficient (Wildman–Crippen LogP) is 2.68. The monoisotopic (exact) mass is 276 g/mol. The van der Waals surface area contributed by atoms with E-state index in [1.54, 1.807) is 26.3 Å². The lowest BCUT2D eigenvalue weighted by Crippen LogP contribution is -2.25. The molecule has 4 nitrogen and oxygen atoms in total. The average Bonchev–Trinajstić information content (AvgIpc) is 2.36. The molecule has 1 aromatic carbocycles. The fraction of sp³-hybridized carbons (Fsp3) is 0.357. The topological polar surface area (TPSA) is 50.4 Å². The maximum absolute atomic E-state index is 11.4. The standard InChI is InChI=1S/C14H20N2O2Si/c1-15-14(17)16-13-7-6-12(18-2)10-11(13)8-9-19(3,4)5/h6-7,10H,1-5H3,(H2,15,16,17). The lowest BCUT2D eigenvalue weighted by atomic mass is 10.2. The van der Waals surface area contributed by atoms with E-state index in [4.69, 9.17) is 4.74 Å². The van der Waals surface area contributed by atoms with Gasteiger partial charge < -0.3 is 15.4 Å². The van der Waals surface area contributed by atoms with E-state index in [1.165, 1.54) is 0 Å². The van der Waals surface area contributed by atoms with Gasteiger partial charge in [0.1, 0.15) is 13.8 Å². The molecule has 2 amide bonds. The van der Waals surface area contributed by atoms with Gasteiger partial charge in [-0.3, -0.25) is 0 Å². The summed E-state index contributed by atoms with van der Waals surface area (Å²) < 4.78 is 5.19. The molecule has 2 N–H and O–H groups in total. The first-order valence-electron chi connectivity index (χ1n) is 6.05. The number of rotatable bonds is 2. The van der Waals surface area contributed by atoms with Crippen LogP contribution in [0.25, 0.3) is 0 Å². The maximum atomic E-state index is 11.4. The average molecular weight is 276 g/mol. The third kappa shape index (κ3) is 5.06. The minimum absolute atomic E-state index is 0.263. The smallest absolute Gasteiger partial charge is 0.319 e. The molecule has 0 aliphatic heterocycles. The number of methoxy groups -OCH3 is 1. The molecule has 0 aliphatic carbocycles. The van der Waals surface area contributed by atoms with E-state index in [0.29, 0.717) is 5.69 Å². The highest BCUT2D eigenvalue weighted by molar-refractivity contribution is 6.83. The molecule has 19 heavy (non-hydrogen) atoms. The molecular formula is C14H20N2O2Si. The molecule has 0 aliphatic rings. The van der Waals surface area contributed by atoms with Crippen molar-refractivity contribution in [2.75, 3.05) is 19.5 Å². The molecule has 102 valence electrons. The van der Waals surface area contributed by atoms with Gasteiger partial charge in [-0.1, -0.05) is 25.6 Å². The Bertz CT molecular complexity index is 524. The number of benzene rings is 1. The molecule has 0 unspecified atom stereocenters. The van der Waals surface area contributed by atoms with E-state index in [0.717, 1.165) is 11.3 Å². The van der Waals surface area contributed by atoms with Crippen molar-refractivity contribution in [1.29, 1.82) is 0 Å². The highest BCUT2D eigenvalue weighted by atomic mass is 28.3. The van der Waals surface area contributed by atoms with Crippen LogP contribution in [0.5, 0.6) is 5.75 Å². The predicted molar refractivity (Wildman–Crippen MR) is 81.3 cm³/mol. The zero-order valence-electron chi connectivity index (χ0n) is 12.0. The van der Waals surface area contributed by atoms with Crippen LogP contribution in [-0.4, -0.2) is 28.3 Å². The summed E-state index contributed by atoms with van der Waals surface area (Å²) in [5, 5.41) is 5.28. The largest absolute Gasteiger partial charge is 0.497 e. The van der Waals surface area contributed by atoms with Crippen LogP contribution in [0.2, 0.25) is 19.6 Å². The Morgan fingerprint density at radius 2 is 2.00 bits per heavy atom. The number of hydrogen-bond acceptors (Lipinski definition) is 2. The van der Waals surface area contributed by atoms with E-state index in [9.17, 15) is 4.79 Å². The van der Waals surface area contributed by atoms with Crippen LogP contribution in [0, 0.1) is 11.5 Å². The molecule has 0 aromatic heterocycles. The van der Waals surface area contributed by atoms with Crippen molar-refractivity contribution in [3.63, 3.8) is 0 Å². The van der Waals surface area contributed by atoms with Gasteiger partial charge in [0.05, 0.1) is 18.4 Å². The second kappa shape index (κ2) is 6.30. The summed E-state index contributed by atoms with van der Waals surface area (Å²) in [6.07, 6.45) is 0. The van der Waals surface area contributed by atoms with Gasteiger partial charge in [0.2, 0.25) is 0 Å². The maximum Gasteiger partial charge on any atom is 0.319 e. The van der Waals surface area contributed by atoms with Gasteiger partial charge in [-0.05, 0) is 18.2 Å². The highest BCUT2D eigenvalue weighted by Crippen LogP contribution is 2.21. The van der Waals surface area contributed by atoms with Gasteiger partial charge >= 0.3 is 6.03 Å². The molecule has 1 aromatic rings. The highest BCUT2D eigenvalue weighted by Gasteiger charge is 2.09. The Hall–Kier alpha value is -1.93. The molecule has 0 fully saturated rings. The number of carbonyl (C=O) groups excluding carboxylic acids is 1. The van der Waals surface area contributed by atoms with Crippen molar-refractivity contribution >= 4 is 19.8 Å². The van der Waals surface area contributed by atoms with Crippen LogP contribution >= 0.6 is 0 Å². The normalized spacial score (nSPS) is 10.2.